The van der Waals surface area contributed by atoms with Gasteiger partial charge in [0.15, 0.2) is 0 Å². The molecular weight excluding hydrogens is 408 g/mol. The van der Waals surface area contributed by atoms with E-state index in [9.17, 15) is 9.59 Å². The molecule has 2 aromatic carbocycles. The summed E-state index contributed by atoms with van der Waals surface area (Å²) in [6, 6.07) is 15.1. The smallest absolute Gasteiger partial charge is 0.329 e. The summed E-state index contributed by atoms with van der Waals surface area (Å²) >= 11 is 0. The SMILES string of the molecule is COc1ccc(N(C(=O)NCC2CCCC(COCC(=O)O)C2)c2ccccc2)c(C)c1. The first-order valence-corrected chi connectivity index (χ1v) is 11.0. The highest BCUT2D eigenvalue weighted by Gasteiger charge is 2.25. The Balaban J connectivity index is 1.66. The molecule has 1 saturated carbocycles. The second kappa shape index (κ2) is 11.5. The second-order valence-electron chi connectivity index (χ2n) is 8.32. The number of aryl methyl sites for hydroxylation is 1. The third kappa shape index (κ3) is 6.47. The second-order valence-corrected chi connectivity index (χ2v) is 8.32. The highest BCUT2D eigenvalue weighted by atomic mass is 16.5. The van der Waals surface area contributed by atoms with Gasteiger partial charge in [-0.15, -0.1) is 0 Å². The van der Waals surface area contributed by atoms with Crippen molar-refractivity contribution < 1.29 is 24.2 Å². The number of para-hydroxylation sites is 1. The van der Waals surface area contributed by atoms with Crippen molar-refractivity contribution in [1.29, 1.82) is 0 Å². The fourth-order valence-electron chi connectivity index (χ4n) is 4.31. The predicted octanol–water partition coefficient (Wildman–Crippen LogP) is 4.76. The van der Waals surface area contributed by atoms with Crippen molar-refractivity contribution in [3.8, 4) is 5.75 Å². The number of carbonyl (C=O) groups is 2. The number of amides is 2. The number of ether oxygens (including phenoxy) is 2. The summed E-state index contributed by atoms with van der Waals surface area (Å²) < 4.78 is 10.6. The van der Waals surface area contributed by atoms with Gasteiger partial charge < -0.3 is 19.9 Å². The summed E-state index contributed by atoms with van der Waals surface area (Å²) in [5.74, 6) is 0.484. The fourth-order valence-corrected chi connectivity index (χ4v) is 4.31. The number of carboxylic acid groups (broad SMARTS) is 1. The first-order chi connectivity index (χ1) is 15.5. The third-order valence-corrected chi connectivity index (χ3v) is 5.87. The van der Waals surface area contributed by atoms with Gasteiger partial charge in [0.2, 0.25) is 0 Å². The van der Waals surface area contributed by atoms with Gasteiger partial charge in [-0.05, 0) is 73.9 Å². The van der Waals surface area contributed by atoms with Crippen molar-refractivity contribution in [1.82, 2.24) is 5.32 Å². The van der Waals surface area contributed by atoms with E-state index in [2.05, 4.69) is 5.32 Å². The van der Waals surface area contributed by atoms with E-state index in [0.29, 0.717) is 25.0 Å². The Morgan fingerprint density at radius 3 is 2.56 bits per heavy atom. The molecule has 0 spiro atoms. The Morgan fingerprint density at radius 1 is 1.12 bits per heavy atom. The Bertz CT molecular complexity index is 902. The van der Waals surface area contributed by atoms with Gasteiger partial charge in [0.05, 0.1) is 25.1 Å². The molecule has 1 aliphatic rings. The number of rotatable bonds is 9. The van der Waals surface area contributed by atoms with Crippen LogP contribution in [-0.4, -0.2) is 44.0 Å². The predicted molar refractivity (Wildman–Crippen MR) is 124 cm³/mol. The van der Waals surface area contributed by atoms with Crippen LogP contribution >= 0.6 is 0 Å². The molecule has 0 radical (unpaired) electrons. The lowest BCUT2D eigenvalue weighted by molar-refractivity contribution is -0.142. The van der Waals surface area contributed by atoms with Crippen molar-refractivity contribution in [2.24, 2.45) is 11.8 Å². The number of benzene rings is 2. The summed E-state index contributed by atoms with van der Waals surface area (Å²) in [6.07, 6.45) is 4.06. The van der Waals surface area contributed by atoms with Crippen LogP contribution in [0.3, 0.4) is 0 Å². The van der Waals surface area contributed by atoms with E-state index in [1.165, 1.54) is 0 Å². The van der Waals surface area contributed by atoms with E-state index < -0.39 is 5.97 Å². The number of hydrogen-bond acceptors (Lipinski definition) is 4. The maximum absolute atomic E-state index is 13.3. The molecule has 2 N–H and O–H groups in total. The number of urea groups is 1. The number of methoxy groups -OCH3 is 1. The molecule has 2 atom stereocenters. The van der Waals surface area contributed by atoms with Crippen LogP contribution in [0, 0.1) is 18.8 Å². The van der Waals surface area contributed by atoms with Crippen LogP contribution in [0.15, 0.2) is 48.5 Å². The number of nitrogens with one attached hydrogen (secondary N) is 1. The topological polar surface area (TPSA) is 88.1 Å². The number of nitrogens with zero attached hydrogens (tertiary/aromatic N) is 1. The monoisotopic (exact) mass is 440 g/mol. The minimum absolute atomic E-state index is 0.172. The van der Waals surface area contributed by atoms with Crippen molar-refractivity contribution in [3.05, 3.63) is 54.1 Å². The molecule has 1 aliphatic carbocycles. The lowest BCUT2D eigenvalue weighted by atomic mass is 9.82. The molecule has 2 unspecified atom stereocenters. The Hall–Kier alpha value is -3.06. The number of carboxylic acids is 1. The first kappa shape index (κ1) is 23.6. The number of aliphatic carboxylic acids is 1. The molecular formula is C25H32N2O5. The Kier molecular flexibility index (Phi) is 8.50. The lowest BCUT2D eigenvalue weighted by Gasteiger charge is -2.30. The number of hydrogen-bond donors (Lipinski definition) is 2. The van der Waals surface area contributed by atoms with Gasteiger partial charge >= 0.3 is 12.0 Å². The van der Waals surface area contributed by atoms with E-state index in [4.69, 9.17) is 14.6 Å². The molecule has 2 aromatic rings. The summed E-state index contributed by atoms with van der Waals surface area (Å²) in [4.78, 5) is 25.7. The van der Waals surface area contributed by atoms with Crippen molar-refractivity contribution in [3.63, 3.8) is 0 Å². The van der Waals surface area contributed by atoms with Gasteiger partial charge in [-0.3, -0.25) is 4.90 Å². The van der Waals surface area contributed by atoms with Crippen LogP contribution in [-0.2, 0) is 9.53 Å². The largest absolute Gasteiger partial charge is 0.497 e. The molecule has 0 saturated heterocycles. The van der Waals surface area contributed by atoms with Crippen LogP contribution in [0.25, 0.3) is 0 Å². The highest BCUT2D eigenvalue weighted by Crippen LogP contribution is 2.32. The molecule has 32 heavy (non-hydrogen) atoms. The summed E-state index contributed by atoms with van der Waals surface area (Å²) in [6.45, 7) is 2.74. The van der Waals surface area contributed by atoms with Crippen molar-refractivity contribution in [2.75, 3.05) is 31.8 Å². The zero-order valence-corrected chi connectivity index (χ0v) is 18.8. The lowest BCUT2D eigenvalue weighted by Crippen LogP contribution is -2.40. The molecule has 172 valence electrons. The van der Waals surface area contributed by atoms with Gasteiger partial charge in [0.25, 0.3) is 0 Å². The zero-order chi connectivity index (χ0) is 22.9. The molecule has 7 nitrogen and oxygen atoms in total. The third-order valence-electron chi connectivity index (χ3n) is 5.87. The summed E-state index contributed by atoms with van der Waals surface area (Å²) in [5, 5.41) is 11.9. The van der Waals surface area contributed by atoms with Gasteiger partial charge in [-0.25, -0.2) is 9.59 Å². The molecule has 0 bridgehead atoms. The minimum atomic E-state index is -0.945. The van der Waals surface area contributed by atoms with E-state index in [1.807, 2.05) is 55.5 Å². The maximum atomic E-state index is 13.3. The van der Waals surface area contributed by atoms with E-state index in [-0.39, 0.29) is 12.6 Å². The fraction of sp³-hybridized carbons (Fsp3) is 0.440. The van der Waals surface area contributed by atoms with Crippen LogP contribution in [0.1, 0.15) is 31.2 Å². The molecule has 0 aliphatic heterocycles. The molecule has 1 fully saturated rings. The molecule has 0 heterocycles. The average Bonchev–Trinajstić information content (AvgIpc) is 2.79. The molecule has 7 heteroatoms. The van der Waals surface area contributed by atoms with E-state index in [0.717, 1.165) is 48.4 Å². The Morgan fingerprint density at radius 2 is 1.88 bits per heavy atom. The van der Waals surface area contributed by atoms with Crippen LogP contribution < -0.4 is 15.0 Å². The van der Waals surface area contributed by atoms with Gasteiger partial charge in [-0.1, -0.05) is 24.6 Å². The number of carbonyl (C=O) groups excluding carboxylic acids is 1. The van der Waals surface area contributed by atoms with Crippen LogP contribution in [0.2, 0.25) is 0 Å². The van der Waals surface area contributed by atoms with Crippen molar-refractivity contribution in [2.45, 2.75) is 32.6 Å². The summed E-state index contributed by atoms with van der Waals surface area (Å²) in [7, 11) is 1.63. The normalized spacial score (nSPS) is 18.1. The standard InChI is InChI=1S/C25H32N2O5/c1-18-13-22(31-2)11-12-23(18)27(21-9-4-3-5-10-21)25(30)26-15-19-7-6-8-20(14-19)16-32-17-24(28)29/h3-5,9-13,19-20H,6-8,14-17H2,1-2H3,(H,26,30)(H,28,29). The molecule has 3 rings (SSSR count). The maximum Gasteiger partial charge on any atom is 0.329 e. The quantitative estimate of drug-likeness (QED) is 0.587. The summed E-state index contributed by atoms with van der Waals surface area (Å²) in [5.41, 5.74) is 2.54. The van der Waals surface area contributed by atoms with Gasteiger partial charge in [0, 0.05) is 6.54 Å². The van der Waals surface area contributed by atoms with E-state index in [1.54, 1.807) is 12.0 Å². The molecule has 0 aromatic heterocycles. The van der Waals surface area contributed by atoms with Gasteiger partial charge in [-0.2, -0.15) is 0 Å². The Labute approximate surface area is 189 Å². The average molecular weight is 441 g/mol. The van der Waals surface area contributed by atoms with Crippen LogP contribution in [0.5, 0.6) is 5.75 Å². The first-order valence-electron chi connectivity index (χ1n) is 11.0. The highest BCUT2D eigenvalue weighted by molar-refractivity contribution is 6.00. The number of anilines is 2. The minimum Gasteiger partial charge on any atom is -0.497 e. The molecule has 2 amide bonds. The van der Waals surface area contributed by atoms with Gasteiger partial charge in [0.1, 0.15) is 12.4 Å². The van der Waals surface area contributed by atoms with E-state index >= 15 is 0 Å². The van der Waals surface area contributed by atoms with Crippen LogP contribution in [0.4, 0.5) is 16.2 Å². The van der Waals surface area contributed by atoms with Crippen molar-refractivity contribution >= 4 is 23.4 Å². The zero-order valence-electron chi connectivity index (χ0n) is 18.8.